The van der Waals surface area contributed by atoms with Crippen molar-refractivity contribution < 1.29 is 18.3 Å². The van der Waals surface area contributed by atoms with Crippen LogP contribution < -0.4 is 10.6 Å². The van der Waals surface area contributed by atoms with Gasteiger partial charge in [0.1, 0.15) is 11.6 Å². The third-order valence-electron chi connectivity index (χ3n) is 3.98. The van der Waals surface area contributed by atoms with Gasteiger partial charge in [0.15, 0.2) is 0 Å². The fourth-order valence-electron chi connectivity index (χ4n) is 2.61. The second-order valence-corrected chi connectivity index (χ2v) is 6.45. The van der Waals surface area contributed by atoms with E-state index in [9.17, 15) is 13.6 Å². The average Bonchev–Trinajstić information content (AvgIpc) is 3.16. The Morgan fingerprint density at radius 3 is 2.81 bits per heavy atom. The summed E-state index contributed by atoms with van der Waals surface area (Å²) >= 11 is 5.79. The van der Waals surface area contributed by atoms with Crippen LogP contribution in [-0.4, -0.2) is 31.1 Å². The largest absolute Gasteiger partial charge is 0.376 e. The molecule has 0 bridgehead atoms. The molecule has 142 valence electrons. The first-order valence-electron chi connectivity index (χ1n) is 8.46. The van der Waals surface area contributed by atoms with Gasteiger partial charge in [0, 0.05) is 17.9 Å². The first-order valence-corrected chi connectivity index (χ1v) is 8.84. The third kappa shape index (κ3) is 5.48. The molecule has 27 heavy (non-hydrogen) atoms. The summed E-state index contributed by atoms with van der Waals surface area (Å²) < 4.78 is 32.2. The van der Waals surface area contributed by atoms with Gasteiger partial charge in [-0.1, -0.05) is 17.7 Å². The van der Waals surface area contributed by atoms with Crippen molar-refractivity contribution in [3.05, 3.63) is 64.7 Å². The number of amides is 1. The van der Waals surface area contributed by atoms with Crippen molar-refractivity contribution >= 4 is 29.2 Å². The average molecular weight is 394 g/mol. The van der Waals surface area contributed by atoms with Crippen LogP contribution >= 0.6 is 11.6 Å². The van der Waals surface area contributed by atoms with Crippen LogP contribution in [-0.2, 0) is 4.74 Å². The highest BCUT2D eigenvalue weighted by Crippen LogP contribution is 2.19. The number of carbonyl (C=O) groups is 1. The predicted molar refractivity (Wildman–Crippen MR) is 100 cm³/mol. The Balaban J connectivity index is 1.76. The van der Waals surface area contributed by atoms with Crippen LogP contribution in [0.4, 0.5) is 14.5 Å². The lowest BCUT2D eigenvalue weighted by atomic mass is 10.2. The highest BCUT2D eigenvalue weighted by molar-refractivity contribution is 6.31. The molecule has 8 heteroatoms. The maximum Gasteiger partial charge on any atom is 0.258 e. The van der Waals surface area contributed by atoms with Crippen LogP contribution in [0.3, 0.4) is 0 Å². The number of nitrogens with zero attached hydrogens (tertiary/aromatic N) is 1. The highest BCUT2D eigenvalue weighted by Gasteiger charge is 2.16. The third-order valence-corrected chi connectivity index (χ3v) is 4.27. The Bertz CT molecular complexity index is 855. The van der Waals surface area contributed by atoms with Crippen molar-refractivity contribution in [2.75, 3.05) is 18.5 Å². The van der Waals surface area contributed by atoms with E-state index in [4.69, 9.17) is 16.3 Å². The first-order chi connectivity index (χ1) is 13.0. The number of ether oxygens (including phenoxy) is 1. The summed E-state index contributed by atoms with van der Waals surface area (Å²) in [6.07, 6.45) is 1.83. The second kappa shape index (κ2) is 8.92. The molecule has 1 saturated heterocycles. The van der Waals surface area contributed by atoms with Crippen LogP contribution in [0.1, 0.15) is 23.2 Å². The number of hydrogen-bond acceptors (Lipinski definition) is 3. The minimum absolute atomic E-state index is 0.0234. The van der Waals surface area contributed by atoms with Gasteiger partial charge < -0.3 is 10.1 Å². The molecular formula is C19H18ClF2N3O2. The van der Waals surface area contributed by atoms with Gasteiger partial charge in [-0.15, -0.1) is 0 Å². The minimum Gasteiger partial charge on any atom is -0.376 e. The molecule has 0 spiro atoms. The van der Waals surface area contributed by atoms with Gasteiger partial charge in [-0.3, -0.25) is 10.1 Å². The van der Waals surface area contributed by atoms with E-state index in [1.165, 1.54) is 36.4 Å². The van der Waals surface area contributed by atoms with Crippen LogP contribution in [0.15, 0.2) is 47.5 Å². The zero-order valence-electron chi connectivity index (χ0n) is 14.3. The SMILES string of the molecule is O=C(NC(=NCC1CCCO1)Nc1ccc(F)c(Cl)c1)c1cccc(F)c1. The fourth-order valence-corrected chi connectivity index (χ4v) is 2.79. The van der Waals surface area contributed by atoms with Crippen LogP contribution in [0.5, 0.6) is 0 Å². The molecule has 5 nitrogen and oxygen atoms in total. The summed E-state index contributed by atoms with van der Waals surface area (Å²) in [4.78, 5) is 16.8. The molecule has 1 fully saturated rings. The number of rotatable bonds is 4. The quantitative estimate of drug-likeness (QED) is 0.609. The summed E-state index contributed by atoms with van der Waals surface area (Å²) in [6.45, 7) is 1.03. The Morgan fingerprint density at radius 2 is 2.11 bits per heavy atom. The number of benzene rings is 2. The molecule has 0 aromatic heterocycles. The Morgan fingerprint density at radius 1 is 1.26 bits per heavy atom. The van der Waals surface area contributed by atoms with Crippen molar-refractivity contribution in [3.63, 3.8) is 0 Å². The van der Waals surface area contributed by atoms with Gasteiger partial charge in [-0.25, -0.2) is 13.8 Å². The number of anilines is 1. The Labute approximate surface area is 160 Å². The van der Waals surface area contributed by atoms with Crippen molar-refractivity contribution in [3.8, 4) is 0 Å². The molecule has 2 aromatic carbocycles. The van der Waals surface area contributed by atoms with Gasteiger partial charge >= 0.3 is 0 Å². The van der Waals surface area contributed by atoms with Crippen molar-refractivity contribution in [1.29, 1.82) is 0 Å². The van der Waals surface area contributed by atoms with Gasteiger partial charge in [0.05, 0.1) is 17.7 Å². The zero-order chi connectivity index (χ0) is 19.2. The number of carbonyl (C=O) groups excluding carboxylic acids is 1. The summed E-state index contributed by atoms with van der Waals surface area (Å²) in [5.41, 5.74) is 0.603. The standard InChI is InChI=1S/C19H18ClF2N3O2/c20-16-10-14(6-7-17(16)22)24-19(23-11-15-5-2-8-27-15)25-18(26)12-3-1-4-13(21)9-12/h1,3-4,6-7,9-10,15H,2,5,8,11H2,(H2,23,24,25,26). The number of nitrogens with one attached hydrogen (secondary N) is 2. The van der Waals surface area contributed by atoms with E-state index in [1.807, 2.05) is 0 Å². The molecule has 0 radical (unpaired) electrons. The molecule has 3 rings (SSSR count). The molecule has 2 N–H and O–H groups in total. The van der Waals surface area contributed by atoms with E-state index in [0.29, 0.717) is 18.8 Å². The summed E-state index contributed by atoms with van der Waals surface area (Å²) in [7, 11) is 0. The maximum absolute atomic E-state index is 13.4. The molecular weight excluding hydrogens is 376 g/mol. The fraction of sp³-hybridized carbons (Fsp3) is 0.263. The lowest BCUT2D eigenvalue weighted by Crippen LogP contribution is -2.36. The number of hydrogen-bond donors (Lipinski definition) is 2. The summed E-state index contributed by atoms with van der Waals surface area (Å²) in [5.74, 6) is -1.45. The Kier molecular flexibility index (Phi) is 6.36. The number of aliphatic imine (C=N–C) groups is 1. The lowest BCUT2D eigenvalue weighted by molar-refractivity contribution is 0.0975. The van der Waals surface area contributed by atoms with Gasteiger partial charge in [0.25, 0.3) is 5.91 Å². The summed E-state index contributed by atoms with van der Waals surface area (Å²) in [6, 6.07) is 9.37. The highest BCUT2D eigenvalue weighted by atomic mass is 35.5. The predicted octanol–water partition coefficient (Wildman–Crippen LogP) is 4.00. The molecule has 1 atom stereocenters. The topological polar surface area (TPSA) is 62.7 Å². The van der Waals surface area contributed by atoms with Gasteiger partial charge in [0.2, 0.25) is 5.96 Å². The van der Waals surface area contributed by atoms with E-state index in [1.54, 1.807) is 0 Å². The summed E-state index contributed by atoms with van der Waals surface area (Å²) in [5, 5.41) is 5.45. The molecule has 2 aromatic rings. The normalized spacial score (nSPS) is 17.0. The molecule has 0 aliphatic carbocycles. The molecule has 1 aliphatic heterocycles. The second-order valence-electron chi connectivity index (χ2n) is 6.04. The molecule has 1 amide bonds. The van der Waals surface area contributed by atoms with Crippen molar-refractivity contribution in [2.45, 2.75) is 18.9 Å². The van der Waals surface area contributed by atoms with E-state index in [-0.39, 0.29) is 22.6 Å². The van der Waals surface area contributed by atoms with Crippen LogP contribution in [0.2, 0.25) is 5.02 Å². The molecule has 1 aliphatic rings. The van der Waals surface area contributed by atoms with Crippen LogP contribution in [0, 0.1) is 11.6 Å². The van der Waals surface area contributed by atoms with Gasteiger partial charge in [-0.05, 0) is 49.2 Å². The molecule has 0 saturated carbocycles. The number of guanidine groups is 1. The molecule has 1 unspecified atom stereocenters. The monoisotopic (exact) mass is 393 g/mol. The lowest BCUT2D eigenvalue weighted by Gasteiger charge is -2.14. The van der Waals surface area contributed by atoms with Gasteiger partial charge in [-0.2, -0.15) is 0 Å². The smallest absolute Gasteiger partial charge is 0.258 e. The number of halogens is 3. The first kappa shape index (κ1) is 19.3. The van der Waals surface area contributed by atoms with E-state index < -0.39 is 17.5 Å². The molecule has 1 heterocycles. The van der Waals surface area contributed by atoms with E-state index in [0.717, 1.165) is 18.9 Å². The maximum atomic E-state index is 13.4. The van der Waals surface area contributed by atoms with Crippen molar-refractivity contribution in [2.24, 2.45) is 4.99 Å². The zero-order valence-corrected chi connectivity index (χ0v) is 15.1. The minimum atomic E-state index is -0.552. The van der Waals surface area contributed by atoms with E-state index >= 15 is 0 Å². The van der Waals surface area contributed by atoms with Crippen LogP contribution in [0.25, 0.3) is 0 Å². The van der Waals surface area contributed by atoms with Crippen molar-refractivity contribution in [1.82, 2.24) is 5.32 Å². The Hall–Kier alpha value is -2.51. The van der Waals surface area contributed by atoms with E-state index in [2.05, 4.69) is 15.6 Å².